The molecule has 0 bridgehead atoms. The quantitative estimate of drug-likeness (QED) is 0.266. The van der Waals surface area contributed by atoms with Gasteiger partial charge in [-0.25, -0.2) is 9.98 Å². The summed E-state index contributed by atoms with van der Waals surface area (Å²) in [5, 5.41) is 10.6. The van der Waals surface area contributed by atoms with Crippen LogP contribution in [0.15, 0.2) is 72.4 Å². The van der Waals surface area contributed by atoms with E-state index in [4.69, 9.17) is 10.4 Å². The molecule has 0 amide bonds. The van der Waals surface area contributed by atoms with E-state index < -0.39 is 0 Å². The number of hydrogen-bond donors (Lipinski definition) is 4. The van der Waals surface area contributed by atoms with Crippen molar-refractivity contribution in [3.63, 3.8) is 0 Å². The molecule has 7 heteroatoms. The van der Waals surface area contributed by atoms with Crippen molar-refractivity contribution < 1.29 is 0 Å². The number of aryl methyl sites for hydroxylation is 1. The summed E-state index contributed by atoms with van der Waals surface area (Å²) < 4.78 is 0. The molecule has 3 aromatic heterocycles. The third-order valence-electron chi connectivity index (χ3n) is 4.80. The Bertz CT molecular complexity index is 1280. The molecule has 154 valence electrons. The monoisotopic (exact) mass is 409 g/mol. The van der Waals surface area contributed by atoms with E-state index in [-0.39, 0.29) is 0 Å². The first kappa shape index (κ1) is 20.0. The van der Waals surface area contributed by atoms with Crippen LogP contribution in [0.25, 0.3) is 28.7 Å². The number of rotatable bonds is 7. The number of pyridine rings is 2. The van der Waals surface area contributed by atoms with E-state index in [2.05, 4.69) is 31.8 Å². The second kappa shape index (κ2) is 9.04. The molecule has 0 saturated carbocycles. The van der Waals surface area contributed by atoms with E-state index in [0.29, 0.717) is 12.0 Å². The zero-order valence-corrected chi connectivity index (χ0v) is 17.2. The maximum atomic E-state index is 7.12. The van der Waals surface area contributed by atoms with Crippen molar-refractivity contribution in [2.45, 2.75) is 13.5 Å². The lowest BCUT2D eigenvalue weighted by Crippen LogP contribution is -2.05. The van der Waals surface area contributed by atoms with Crippen LogP contribution >= 0.6 is 0 Å². The largest absolute Gasteiger partial charge is 0.377 e. The molecule has 7 nitrogen and oxygen atoms in total. The van der Waals surface area contributed by atoms with Crippen molar-refractivity contribution in [2.24, 2.45) is 4.99 Å². The summed E-state index contributed by atoms with van der Waals surface area (Å²) in [4.78, 5) is 20.0. The second-order valence-electron chi connectivity index (χ2n) is 6.94. The molecule has 0 aliphatic carbocycles. The van der Waals surface area contributed by atoms with E-state index >= 15 is 0 Å². The van der Waals surface area contributed by atoms with Gasteiger partial charge in [-0.05, 0) is 42.8 Å². The van der Waals surface area contributed by atoms with Crippen molar-refractivity contribution in [1.82, 2.24) is 19.9 Å². The molecule has 0 fully saturated rings. The van der Waals surface area contributed by atoms with Crippen LogP contribution in [0.5, 0.6) is 0 Å². The number of para-hydroxylation sites is 1. The van der Waals surface area contributed by atoms with Gasteiger partial charge in [0.2, 0.25) is 0 Å². The highest BCUT2D eigenvalue weighted by Crippen LogP contribution is 2.29. The Balaban J connectivity index is 1.72. The minimum Gasteiger partial charge on any atom is -0.377 e. The first-order valence-corrected chi connectivity index (χ1v) is 9.88. The summed E-state index contributed by atoms with van der Waals surface area (Å²) in [6.45, 7) is 6.37. The molecule has 0 saturated heterocycles. The van der Waals surface area contributed by atoms with Gasteiger partial charge in [0.1, 0.15) is 17.7 Å². The lowest BCUT2D eigenvalue weighted by Gasteiger charge is -2.07. The highest BCUT2D eigenvalue weighted by Gasteiger charge is 2.15. The van der Waals surface area contributed by atoms with Crippen LogP contribution in [0, 0.1) is 12.3 Å². The summed E-state index contributed by atoms with van der Waals surface area (Å²) in [7, 11) is 0. The minimum absolute atomic E-state index is 0.522. The molecule has 4 rings (SSSR count). The molecule has 3 heterocycles. The van der Waals surface area contributed by atoms with Crippen molar-refractivity contribution in [3.8, 4) is 22.6 Å². The minimum atomic E-state index is 0.522. The van der Waals surface area contributed by atoms with E-state index in [0.717, 1.165) is 51.8 Å². The summed E-state index contributed by atoms with van der Waals surface area (Å²) in [5.41, 5.74) is 6.94. The van der Waals surface area contributed by atoms with E-state index in [9.17, 15) is 0 Å². The van der Waals surface area contributed by atoms with Crippen LogP contribution in [-0.2, 0) is 6.54 Å². The van der Waals surface area contributed by atoms with Gasteiger partial charge in [-0.2, -0.15) is 0 Å². The van der Waals surface area contributed by atoms with Gasteiger partial charge >= 0.3 is 0 Å². The summed E-state index contributed by atoms with van der Waals surface area (Å²) in [6.07, 6.45) is 4.67. The molecule has 0 aliphatic heterocycles. The molecule has 0 radical (unpaired) electrons. The Morgan fingerprint density at radius 1 is 1.10 bits per heavy atom. The van der Waals surface area contributed by atoms with Gasteiger partial charge in [0.15, 0.2) is 0 Å². The lowest BCUT2D eigenvalue weighted by atomic mass is 10.1. The third-order valence-corrected chi connectivity index (χ3v) is 4.80. The van der Waals surface area contributed by atoms with Gasteiger partial charge in [-0.3, -0.25) is 10.4 Å². The number of anilines is 1. The maximum absolute atomic E-state index is 7.12. The predicted molar refractivity (Wildman–Crippen MR) is 125 cm³/mol. The Morgan fingerprint density at radius 2 is 1.97 bits per heavy atom. The third kappa shape index (κ3) is 4.51. The van der Waals surface area contributed by atoms with Crippen LogP contribution in [0.2, 0.25) is 0 Å². The summed E-state index contributed by atoms with van der Waals surface area (Å²) in [5.74, 6) is 0.792. The fraction of sp³-hybridized carbons (Fsp3) is 0.0833. The average Bonchev–Trinajstić information content (AvgIpc) is 3.23. The van der Waals surface area contributed by atoms with Crippen molar-refractivity contribution in [2.75, 3.05) is 5.32 Å². The van der Waals surface area contributed by atoms with E-state index in [1.807, 2.05) is 73.8 Å². The van der Waals surface area contributed by atoms with Gasteiger partial charge in [-0.1, -0.05) is 36.9 Å². The Morgan fingerprint density at radius 3 is 2.71 bits per heavy atom. The fourth-order valence-corrected chi connectivity index (χ4v) is 3.31. The normalized spacial score (nSPS) is 11.3. The Kier molecular flexibility index (Phi) is 5.84. The van der Waals surface area contributed by atoms with Crippen LogP contribution in [0.3, 0.4) is 0 Å². The number of H-pyrrole nitrogens is 2. The standard InChI is InChI=1S/C24H23N7/c1-3-17-8-4-5-9-19(17)26-14-22-30-23(18-11-12-21(27-13-18)28-15-25)24(31-22)20-10-6-7-16(2)29-20/h3-13,15,26H,1,14H2,2H3,(H,30,31)(H2,25,27,28). The van der Waals surface area contributed by atoms with E-state index in [1.54, 1.807) is 0 Å². The van der Waals surface area contributed by atoms with Gasteiger partial charge in [0.05, 0.1) is 23.6 Å². The Hall–Kier alpha value is -4.26. The fourth-order valence-electron chi connectivity index (χ4n) is 3.31. The molecule has 31 heavy (non-hydrogen) atoms. The molecule has 0 atom stereocenters. The van der Waals surface area contributed by atoms with Crippen molar-refractivity contribution >= 4 is 18.1 Å². The predicted octanol–water partition coefficient (Wildman–Crippen LogP) is 4.54. The Labute approximate surface area is 180 Å². The van der Waals surface area contributed by atoms with Crippen LogP contribution < -0.4 is 10.8 Å². The zero-order chi connectivity index (χ0) is 21.6. The molecule has 0 aliphatic rings. The number of imidazole rings is 1. The van der Waals surface area contributed by atoms with Crippen LogP contribution in [0.1, 0.15) is 17.1 Å². The van der Waals surface area contributed by atoms with Crippen LogP contribution in [-0.4, -0.2) is 26.3 Å². The summed E-state index contributed by atoms with van der Waals surface area (Å²) >= 11 is 0. The first-order chi connectivity index (χ1) is 15.2. The highest BCUT2D eigenvalue weighted by atomic mass is 15.0. The second-order valence-corrected chi connectivity index (χ2v) is 6.94. The molecular weight excluding hydrogens is 386 g/mol. The number of nitrogens with one attached hydrogen (secondary N) is 4. The molecule has 4 aromatic rings. The number of benzene rings is 1. The number of hydrogen-bond acceptors (Lipinski definition) is 4. The van der Waals surface area contributed by atoms with Gasteiger partial charge in [-0.15, -0.1) is 0 Å². The topological polar surface area (TPSA) is 106 Å². The average molecular weight is 409 g/mol. The molecular formula is C24H23N7. The number of aromatic nitrogens is 4. The molecule has 0 spiro atoms. The number of aromatic amines is 2. The maximum Gasteiger partial charge on any atom is 0.131 e. The zero-order valence-electron chi connectivity index (χ0n) is 17.2. The smallest absolute Gasteiger partial charge is 0.131 e. The molecule has 1 aromatic carbocycles. The van der Waals surface area contributed by atoms with Gasteiger partial charge in [0.25, 0.3) is 0 Å². The summed E-state index contributed by atoms with van der Waals surface area (Å²) in [6, 6.07) is 17.7. The number of nitrogens with zero attached hydrogens (tertiary/aromatic N) is 3. The van der Waals surface area contributed by atoms with Crippen molar-refractivity contribution in [3.05, 3.63) is 89.9 Å². The van der Waals surface area contributed by atoms with E-state index in [1.165, 1.54) is 0 Å². The highest BCUT2D eigenvalue weighted by molar-refractivity contribution is 5.76. The van der Waals surface area contributed by atoms with Crippen LogP contribution in [0.4, 0.5) is 5.69 Å². The molecule has 0 unspecified atom stereocenters. The van der Waals surface area contributed by atoms with Gasteiger partial charge in [0, 0.05) is 23.1 Å². The SMILES string of the molecule is C=Cc1ccccc1NCc1nc(-c2cc/c(=N/C=N)[nH]c2)c(-c2cccc(C)n2)[nH]1. The lowest BCUT2D eigenvalue weighted by molar-refractivity contribution is 0.999. The first-order valence-electron chi connectivity index (χ1n) is 9.88. The molecule has 4 N–H and O–H groups in total. The van der Waals surface area contributed by atoms with Crippen molar-refractivity contribution in [1.29, 1.82) is 5.41 Å². The van der Waals surface area contributed by atoms with Gasteiger partial charge < -0.3 is 15.3 Å².